The number of likely N-dealkylation sites (N-methyl/N-ethyl adjacent to an activating group) is 1. The molecule has 2 aliphatic rings. The molecule has 0 aromatic rings. The summed E-state index contributed by atoms with van der Waals surface area (Å²) in [5, 5.41) is 5.90. The Morgan fingerprint density at radius 2 is 1.84 bits per heavy atom. The molecule has 110 valence electrons. The van der Waals surface area contributed by atoms with Crippen LogP contribution < -0.4 is 10.6 Å². The fourth-order valence-electron chi connectivity index (χ4n) is 2.76. The molecule has 0 radical (unpaired) electrons. The predicted octanol–water partition coefficient (Wildman–Crippen LogP) is 0.892. The molecule has 2 N–H and O–H groups in total. The highest BCUT2D eigenvalue weighted by Crippen LogP contribution is 2.33. The van der Waals surface area contributed by atoms with Gasteiger partial charge in [-0.15, -0.1) is 0 Å². The standard InChI is InChI=1S/C10H16N2O2.C4H11N/c1-2-11-10(14)8-5-3-7-4-6-9(13)12(7)8;1-3-5-4-2/h7-8H,2-6H2,1H3,(H,11,14);5H,3-4H2,1-2H3. The zero-order valence-corrected chi connectivity index (χ0v) is 12.4. The third-order valence-electron chi connectivity index (χ3n) is 3.64. The maximum Gasteiger partial charge on any atom is 0.242 e. The van der Waals surface area contributed by atoms with Crippen molar-refractivity contribution in [2.45, 2.75) is 58.5 Å². The van der Waals surface area contributed by atoms with Crippen LogP contribution in [0.25, 0.3) is 0 Å². The van der Waals surface area contributed by atoms with Gasteiger partial charge in [-0.1, -0.05) is 13.8 Å². The third-order valence-corrected chi connectivity index (χ3v) is 3.64. The van der Waals surface area contributed by atoms with Gasteiger partial charge in [0, 0.05) is 19.0 Å². The van der Waals surface area contributed by atoms with E-state index in [9.17, 15) is 9.59 Å². The van der Waals surface area contributed by atoms with Gasteiger partial charge in [-0.25, -0.2) is 0 Å². The summed E-state index contributed by atoms with van der Waals surface area (Å²) in [5.74, 6) is 0.175. The predicted molar refractivity (Wildman–Crippen MR) is 75.8 cm³/mol. The van der Waals surface area contributed by atoms with Gasteiger partial charge in [0.2, 0.25) is 11.8 Å². The van der Waals surface area contributed by atoms with E-state index in [0.717, 1.165) is 32.4 Å². The molecule has 2 unspecified atom stereocenters. The van der Waals surface area contributed by atoms with Crippen molar-refractivity contribution in [2.75, 3.05) is 19.6 Å². The summed E-state index contributed by atoms with van der Waals surface area (Å²) >= 11 is 0. The van der Waals surface area contributed by atoms with E-state index < -0.39 is 0 Å². The molecule has 2 aliphatic heterocycles. The first-order chi connectivity index (χ1) is 9.15. The number of carbonyl (C=O) groups excluding carboxylic acids is 2. The highest BCUT2D eigenvalue weighted by Gasteiger charge is 2.43. The van der Waals surface area contributed by atoms with E-state index in [4.69, 9.17) is 0 Å². The molecule has 0 aromatic heterocycles. The molecule has 0 aliphatic carbocycles. The highest BCUT2D eigenvalue weighted by molar-refractivity contribution is 5.89. The van der Waals surface area contributed by atoms with E-state index in [-0.39, 0.29) is 17.9 Å². The van der Waals surface area contributed by atoms with Crippen LogP contribution in [0, 0.1) is 0 Å². The van der Waals surface area contributed by atoms with Crippen molar-refractivity contribution in [3.05, 3.63) is 0 Å². The average molecular weight is 269 g/mol. The van der Waals surface area contributed by atoms with E-state index in [2.05, 4.69) is 24.5 Å². The van der Waals surface area contributed by atoms with Gasteiger partial charge in [0.05, 0.1) is 0 Å². The number of fused-ring (bicyclic) bond motifs is 1. The number of nitrogens with one attached hydrogen (secondary N) is 2. The molecule has 2 rings (SSSR count). The normalized spacial score (nSPS) is 24.8. The molecule has 2 atom stereocenters. The molecule has 0 bridgehead atoms. The second-order valence-corrected chi connectivity index (χ2v) is 4.94. The molecule has 19 heavy (non-hydrogen) atoms. The zero-order valence-electron chi connectivity index (χ0n) is 12.4. The smallest absolute Gasteiger partial charge is 0.242 e. The number of rotatable bonds is 4. The van der Waals surface area contributed by atoms with Crippen molar-refractivity contribution >= 4 is 11.8 Å². The molecule has 2 amide bonds. The monoisotopic (exact) mass is 269 g/mol. The van der Waals surface area contributed by atoms with Crippen molar-refractivity contribution in [1.29, 1.82) is 0 Å². The van der Waals surface area contributed by atoms with E-state index in [1.165, 1.54) is 0 Å². The van der Waals surface area contributed by atoms with E-state index in [1.807, 2.05) is 6.92 Å². The fraction of sp³-hybridized carbons (Fsp3) is 0.857. The molecule has 2 fully saturated rings. The molecule has 5 heteroatoms. The van der Waals surface area contributed by atoms with Gasteiger partial charge < -0.3 is 15.5 Å². The molecule has 0 aromatic carbocycles. The lowest BCUT2D eigenvalue weighted by molar-refractivity contribution is -0.136. The Labute approximate surface area is 116 Å². The topological polar surface area (TPSA) is 61.4 Å². The largest absolute Gasteiger partial charge is 0.355 e. The Balaban J connectivity index is 0.000000312. The third kappa shape index (κ3) is 4.20. The van der Waals surface area contributed by atoms with Gasteiger partial charge >= 0.3 is 0 Å². The molecule has 5 nitrogen and oxygen atoms in total. The Hall–Kier alpha value is -1.10. The lowest BCUT2D eigenvalue weighted by Gasteiger charge is -2.23. The maximum atomic E-state index is 11.6. The first-order valence-electron chi connectivity index (χ1n) is 7.45. The molecule has 0 saturated carbocycles. The van der Waals surface area contributed by atoms with Crippen molar-refractivity contribution in [2.24, 2.45) is 0 Å². The highest BCUT2D eigenvalue weighted by atomic mass is 16.2. The van der Waals surface area contributed by atoms with Crippen LogP contribution in [0.5, 0.6) is 0 Å². The van der Waals surface area contributed by atoms with Gasteiger partial charge in [-0.2, -0.15) is 0 Å². The quantitative estimate of drug-likeness (QED) is 0.797. The Morgan fingerprint density at radius 3 is 2.37 bits per heavy atom. The first kappa shape index (κ1) is 16.0. The number of hydrogen-bond donors (Lipinski definition) is 2. The van der Waals surface area contributed by atoms with Crippen molar-refractivity contribution in [1.82, 2.24) is 15.5 Å². The van der Waals surface area contributed by atoms with E-state index in [0.29, 0.717) is 19.0 Å². The van der Waals surface area contributed by atoms with Crippen LogP contribution in [-0.2, 0) is 9.59 Å². The van der Waals surface area contributed by atoms with Crippen LogP contribution in [0.15, 0.2) is 0 Å². The number of nitrogens with zero attached hydrogens (tertiary/aromatic N) is 1. The van der Waals surface area contributed by atoms with Crippen LogP contribution in [-0.4, -0.2) is 48.4 Å². The number of hydrogen-bond acceptors (Lipinski definition) is 3. The van der Waals surface area contributed by atoms with Gasteiger partial charge in [0.15, 0.2) is 0 Å². The van der Waals surface area contributed by atoms with Crippen LogP contribution >= 0.6 is 0 Å². The minimum Gasteiger partial charge on any atom is -0.355 e. The molecule has 2 saturated heterocycles. The fourth-order valence-corrected chi connectivity index (χ4v) is 2.76. The second kappa shape index (κ2) is 8.15. The summed E-state index contributed by atoms with van der Waals surface area (Å²) in [6, 6.07) is 0.157. The summed E-state index contributed by atoms with van der Waals surface area (Å²) < 4.78 is 0. The summed E-state index contributed by atoms with van der Waals surface area (Å²) in [6.45, 7) is 8.93. The van der Waals surface area contributed by atoms with Gasteiger partial charge in [-0.3, -0.25) is 9.59 Å². The molecule has 2 heterocycles. The summed E-state index contributed by atoms with van der Waals surface area (Å²) in [7, 11) is 0. The number of carbonyl (C=O) groups is 2. The Kier molecular flexibility index (Phi) is 6.84. The molecular formula is C14H27N3O2. The van der Waals surface area contributed by atoms with Crippen LogP contribution in [0.4, 0.5) is 0 Å². The minimum atomic E-state index is -0.185. The van der Waals surface area contributed by atoms with Gasteiger partial charge in [0.1, 0.15) is 6.04 Å². The van der Waals surface area contributed by atoms with E-state index >= 15 is 0 Å². The lowest BCUT2D eigenvalue weighted by atomic mass is 10.1. The summed E-state index contributed by atoms with van der Waals surface area (Å²) in [5.41, 5.74) is 0. The second-order valence-electron chi connectivity index (χ2n) is 4.94. The summed E-state index contributed by atoms with van der Waals surface area (Å²) in [4.78, 5) is 24.9. The van der Waals surface area contributed by atoms with Crippen molar-refractivity contribution in [3.8, 4) is 0 Å². The first-order valence-corrected chi connectivity index (χ1v) is 7.45. The lowest BCUT2D eigenvalue weighted by Crippen LogP contribution is -2.45. The molecular weight excluding hydrogens is 242 g/mol. The molecule has 0 spiro atoms. The van der Waals surface area contributed by atoms with Crippen LogP contribution in [0.2, 0.25) is 0 Å². The Morgan fingerprint density at radius 1 is 1.16 bits per heavy atom. The van der Waals surface area contributed by atoms with Crippen molar-refractivity contribution in [3.63, 3.8) is 0 Å². The van der Waals surface area contributed by atoms with E-state index in [1.54, 1.807) is 4.90 Å². The maximum absolute atomic E-state index is 11.6. The Bertz CT molecular complexity index is 305. The average Bonchev–Trinajstić information content (AvgIpc) is 2.95. The van der Waals surface area contributed by atoms with Gasteiger partial charge in [-0.05, 0) is 39.3 Å². The minimum absolute atomic E-state index is 0.0188. The zero-order chi connectivity index (χ0) is 14.3. The SMILES string of the molecule is CCNC(=O)C1CCC2CCC(=O)N21.CCNCC. The number of amides is 2. The van der Waals surface area contributed by atoms with Crippen molar-refractivity contribution < 1.29 is 9.59 Å². The van der Waals surface area contributed by atoms with Gasteiger partial charge in [0.25, 0.3) is 0 Å². The van der Waals surface area contributed by atoms with Crippen LogP contribution in [0.3, 0.4) is 0 Å². The van der Waals surface area contributed by atoms with Crippen LogP contribution in [0.1, 0.15) is 46.5 Å². The summed E-state index contributed by atoms with van der Waals surface area (Å²) in [6.07, 6.45) is 3.39.